The van der Waals surface area contributed by atoms with Gasteiger partial charge in [0, 0.05) is 0 Å². The minimum absolute atomic E-state index is 0.00949. The van der Waals surface area contributed by atoms with Gasteiger partial charge in [-0.2, -0.15) is 0 Å². The van der Waals surface area contributed by atoms with Crippen LogP contribution in [0.15, 0.2) is 48.5 Å². The van der Waals surface area contributed by atoms with Gasteiger partial charge in [-0.1, -0.05) is 36.1 Å². The van der Waals surface area contributed by atoms with Crippen LogP contribution in [-0.4, -0.2) is 31.6 Å². The van der Waals surface area contributed by atoms with Gasteiger partial charge in [-0.3, -0.25) is 9.59 Å². The van der Waals surface area contributed by atoms with Gasteiger partial charge in [0.05, 0.1) is 12.1 Å². The second kappa shape index (κ2) is 9.69. The number of benzene rings is 2. The van der Waals surface area contributed by atoms with E-state index in [2.05, 4.69) is 17.2 Å². The molecule has 2 aromatic carbocycles. The van der Waals surface area contributed by atoms with E-state index in [1.54, 1.807) is 30.3 Å². The van der Waals surface area contributed by atoms with Crippen LogP contribution in [0.1, 0.15) is 10.4 Å². The topological polar surface area (TPSA) is 90.7 Å². The summed E-state index contributed by atoms with van der Waals surface area (Å²) in [6.07, 6.45) is 0. The zero-order valence-electron chi connectivity index (χ0n) is 13.8. The van der Waals surface area contributed by atoms with E-state index in [0.29, 0.717) is 5.75 Å². The lowest BCUT2D eigenvalue weighted by molar-refractivity contribution is -0.122. The van der Waals surface area contributed by atoms with E-state index in [1.807, 2.05) is 0 Å². The second-order valence-corrected chi connectivity index (χ2v) is 5.00. The van der Waals surface area contributed by atoms with Gasteiger partial charge in [0.2, 0.25) is 0 Å². The zero-order chi connectivity index (χ0) is 18.8. The quantitative estimate of drug-likeness (QED) is 0.736. The first kappa shape index (κ1) is 18.8. The SMILES string of the molecule is NC(=O)c1ccccc1OCC#CCNC(=O)COc1ccccc1F. The number of rotatable bonds is 7. The van der Waals surface area contributed by atoms with Gasteiger partial charge in [-0.25, -0.2) is 4.39 Å². The first-order valence-electron chi connectivity index (χ1n) is 7.69. The Morgan fingerprint density at radius 2 is 1.69 bits per heavy atom. The lowest BCUT2D eigenvalue weighted by atomic mass is 10.2. The highest BCUT2D eigenvalue weighted by atomic mass is 19.1. The Morgan fingerprint density at radius 1 is 1.00 bits per heavy atom. The maximum absolute atomic E-state index is 13.3. The van der Waals surface area contributed by atoms with Gasteiger partial charge in [0.15, 0.2) is 18.2 Å². The van der Waals surface area contributed by atoms with Crippen LogP contribution in [0.25, 0.3) is 0 Å². The van der Waals surface area contributed by atoms with Gasteiger partial charge >= 0.3 is 0 Å². The molecule has 0 aliphatic heterocycles. The lowest BCUT2D eigenvalue weighted by Gasteiger charge is -2.06. The third-order valence-corrected chi connectivity index (χ3v) is 3.15. The number of ether oxygens (including phenoxy) is 2. The number of primary amides is 1. The normalized spacial score (nSPS) is 9.58. The van der Waals surface area contributed by atoms with E-state index >= 15 is 0 Å². The average Bonchev–Trinajstić information content (AvgIpc) is 2.64. The molecule has 2 amide bonds. The molecule has 3 N–H and O–H groups in total. The van der Waals surface area contributed by atoms with E-state index in [4.69, 9.17) is 15.2 Å². The maximum atomic E-state index is 13.3. The van der Waals surface area contributed by atoms with Crippen LogP contribution in [0.2, 0.25) is 0 Å². The molecule has 0 saturated heterocycles. The van der Waals surface area contributed by atoms with Gasteiger partial charge in [-0.15, -0.1) is 0 Å². The van der Waals surface area contributed by atoms with Crippen molar-refractivity contribution in [1.82, 2.24) is 5.32 Å². The molecule has 0 heterocycles. The molecule has 0 spiro atoms. The van der Waals surface area contributed by atoms with Crippen LogP contribution in [0, 0.1) is 17.7 Å². The molecular formula is C19H17FN2O4. The van der Waals surface area contributed by atoms with Crippen molar-refractivity contribution in [3.8, 4) is 23.3 Å². The van der Waals surface area contributed by atoms with Gasteiger partial charge < -0.3 is 20.5 Å². The largest absolute Gasteiger partial charge is 0.481 e. The Kier molecular flexibility index (Phi) is 7.01. The molecule has 0 aliphatic carbocycles. The van der Waals surface area contributed by atoms with Crippen LogP contribution in [0.5, 0.6) is 11.5 Å². The predicted octanol–water partition coefficient (Wildman–Crippen LogP) is 1.50. The molecule has 0 atom stereocenters. The van der Waals surface area contributed by atoms with Gasteiger partial charge in [-0.05, 0) is 24.3 Å². The summed E-state index contributed by atoms with van der Waals surface area (Å²) in [5.74, 6) is 4.19. The molecule has 134 valence electrons. The van der Waals surface area contributed by atoms with Crippen molar-refractivity contribution in [1.29, 1.82) is 0 Å². The molecule has 0 aliphatic rings. The predicted molar refractivity (Wildman–Crippen MR) is 93.1 cm³/mol. The number of amides is 2. The summed E-state index contributed by atoms with van der Waals surface area (Å²) >= 11 is 0. The van der Waals surface area contributed by atoms with Gasteiger partial charge in [0.1, 0.15) is 12.4 Å². The van der Waals surface area contributed by atoms with Crippen LogP contribution >= 0.6 is 0 Å². The van der Waals surface area contributed by atoms with Crippen molar-refractivity contribution in [2.75, 3.05) is 19.8 Å². The van der Waals surface area contributed by atoms with Crippen molar-refractivity contribution >= 4 is 11.8 Å². The molecule has 26 heavy (non-hydrogen) atoms. The first-order chi connectivity index (χ1) is 12.6. The molecule has 0 unspecified atom stereocenters. The lowest BCUT2D eigenvalue weighted by Crippen LogP contribution is -2.29. The summed E-state index contributed by atoms with van der Waals surface area (Å²) in [6, 6.07) is 12.4. The minimum atomic E-state index is -0.587. The fourth-order valence-corrected chi connectivity index (χ4v) is 1.92. The molecule has 2 rings (SSSR count). The fourth-order valence-electron chi connectivity index (χ4n) is 1.92. The summed E-state index contributed by atoms with van der Waals surface area (Å²) in [4.78, 5) is 22.8. The standard InChI is InChI=1S/C19H17FN2O4/c20-15-8-2-4-10-17(15)26-13-18(23)22-11-5-6-12-25-16-9-3-1-7-14(16)19(21)24/h1-4,7-10H,11-13H2,(H2,21,24)(H,22,23). The molecule has 0 fully saturated rings. The highest BCUT2D eigenvalue weighted by Gasteiger charge is 2.07. The highest BCUT2D eigenvalue weighted by Crippen LogP contribution is 2.16. The number of nitrogens with one attached hydrogen (secondary N) is 1. The first-order valence-corrected chi connectivity index (χ1v) is 7.69. The Hall–Kier alpha value is -3.53. The maximum Gasteiger partial charge on any atom is 0.258 e. The van der Waals surface area contributed by atoms with E-state index in [-0.39, 0.29) is 31.1 Å². The molecule has 0 radical (unpaired) electrons. The molecule has 0 saturated carbocycles. The Bertz CT molecular complexity index is 843. The smallest absolute Gasteiger partial charge is 0.258 e. The minimum Gasteiger partial charge on any atom is -0.481 e. The van der Waals surface area contributed by atoms with Crippen LogP contribution < -0.4 is 20.5 Å². The summed E-state index contributed by atoms with van der Waals surface area (Å²) in [7, 11) is 0. The Morgan fingerprint density at radius 3 is 2.42 bits per heavy atom. The monoisotopic (exact) mass is 356 g/mol. The van der Waals surface area contributed by atoms with E-state index in [0.717, 1.165) is 0 Å². The number of nitrogens with two attached hydrogens (primary N) is 1. The summed E-state index contributed by atoms with van der Waals surface area (Å²) in [6.45, 7) is -0.197. The third-order valence-electron chi connectivity index (χ3n) is 3.15. The third kappa shape index (κ3) is 5.83. The van der Waals surface area contributed by atoms with Crippen molar-refractivity contribution in [2.45, 2.75) is 0 Å². The molecule has 6 nitrogen and oxygen atoms in total. The van der Waals surface area contributed by atoms with Crippen molar-refractivity contribution in [3.05, 3.63) is 59.9 Å². The molecule has 0 bridgehead atoms. The molecule has 2 aromatic rings. The number of hydrogen-bond acceptors (Lipinski definition) is 4. The number of carbonyl (C=O) groups is 2. The summed E-state index contributed by atoms with van der Waals surface area (Å²) in [5.41, 5.74) is 5.51. The number of carbonyl (C=O) groups excluding carboxylic acids is 2. The average molecular weight is 356 g/mol. The van der Waals surface area contributed by atoms with E-state index < -0.39 is 17.6 Å². The van der Waals surface area contributed by atoms with Crippen LogP contribution in [-0.2, 0) is 4.79 Å². The molecule has 0 aromatic heterocycles. The highest BCUT2D eigenvalue weighted by molar-refractivity contribution is 5.95. The Labute approximate surface area is 150 Å². The summed E-state index contributed by atoms with van der Waals surface area (Å²) in [5, 5.41) is 2.51. The number of halogens is 1. The van der Waals surface area contributed by atoms with Crippen LogP contribution in [0.4, 0.5) is 4.39 Å². The fraction of sp³-hybridized carbons (Fsp3) is 0.158. The zero-order valence-corrected chi connectivity index (χ0v) is 13.8. The molecule has 7 heteroatoms. The molecular weight excluding hydrogens is 339 g/mol. The Balaban J connectivity index is 1.70. The summed E-state index contributed by atoms with van der Waals surface area (Å²) < 4.78 is 23.8. The number of para-hydroxylation sites is 2. The van der Waals surface area contributed by atoms with E-state index in [1.165, 1.54) is 18.2 Å². The van der Waals surface area contributed by atoms with Crippen LogP contribution in [0.3, 0.4) is 0 Å². The number of hydrogen-bond donors (Lipinski definition) is 2. The van der Waals surface area contributed by atoms with E-state index in [9.17, 15) is 14.0 Å². The second-order valence-electron chi connectivity index (χ2n) is 5.00. The van der Waals surface area contributed by atoms with Crippen molar-refractivity contribution < 1.29 is 23.5 Å². The van der Waals surface area contributed by atoms with Crippen molar-refractivity contribution in [2.24, 2.45) is 5.73 Å². The van der Waals surface area contributed by atoms with Crippen molar-refractivity contribution in [3.63, 3.8) is 0 Å². The van der Waals surface area contributed by atoms with Gasteiger partial charge in [0.25, 0.3) is 11.8 Å².